The Kier molecular flexibility index (Phi) is 7.15. The number of hydroxylamine groups is 1. The van der Waals surface area contributed by atoms with Gasteiger partial charge in [-0.1, -0.05) is 0 Å². The molecule has 7 heteroatoms. The first-order chi connectivity index (χ1) is 3.63. The maximum absolute atomic E-state index is 9.63. The van der Waals surface area contributed by atoms with Crippen molar-refractivity contribution in [2.75, 3.05) is 0 Å². The second-order valence-corrected chi connectivity index (χ2v) is 0.834. The molecular formula is C2H5N2NaO4. The molecule has 9 heavy (non-hydrogen) atoms. The van der Waals surface area contributed by atoms with Gasteiger partial charge in [-0.2, -0.15) is 5.48 Å². The second-order valence-electron chi connectivity index (χ2n) is 0.834. The van der Waals surface area contributed by atoms with Crippen LogP contribution in [0.2, 0.25) is 0 Å². The van der Waals surface area contributed by atoms with Crippen molar-refractivity contribution in [3.05, 3.63) is 0 Å². The van der Waals surface area contributed by atoms with Gasteiger partial charge in [0.2, 0.25) is 0 Å². The number of hydrogen-bond acceptors (Lipinski definition) is 3. The van der Waals surface area contributed by atoms with Crippen LogP contribution in [0.3, 0.4) is 0 Å². The van der Waals surface area contributed by atoms with Crippen LogP contribution in [0.25, 0.3) is 0 Å². The van der Waals surface area contributed by atoms with Crippen molar-refractivity contribution >= 4 is 41.7 Å². The fourth-order valence-corrected chi connectivity index (χ4v) is 0.0940. The summed E-state index contributed by atoms with van der Waals surface area (Å²) in [4.78, 5) is 22.5. The van der Waals surface area contributed by atoms with Crippen LogP contribution in [-0.2, 0) is 4.84 Å². The molecule has 2 amide bonds. The van der Waals surface area contributed by atoms with E-state index in [0.717, 1.165) is 0 Å². The Bertz CT molecular complexity index is 101. The fourth-order valence-electron chi connectivity index (χ4n) is 0.0940. The molecule has 0 radical (unpaired) electrons. The SMILES string of the molecule is NC(=O)NOC(=O)O.[NaH]. The first kappa shape index (κ1) is 11.4. The Morgan fingerprint density at radius 2 is 2.00 bits per heavy atom. The fraction of sp³-hybridized carbons (Fsp3) is 0. The third kappa shape index (κ3) is 11.2. The van der Waals surface area contributed by atoms with Crippen LogP contribution >= 0.6 is 0 Å². The molecule has 0 aromatic carbocycles. The molecular weight excluding hydrogens is 139 g/mol. The molecule has 0 spiro atoms. The summed E-state index contributed by atoms with van der Waals surface area (Å²) in [7, 11) is 0. The molecule has 0 saturated carbocycles. The molecule has 0 atom stereocenters. The molecule has 0 heterocycles. The van der Waals surface area contributed by atoms with Crippen LogP contribution in [-0.4, -0.2) is 46.9 Å². The van der Waals surface area contributed by atoms with Gasteiger partial charge < -0.3 is 15.7 Å². The van der Waals surface area contributed by atoms with Gasteiger partial charge in [0.15, 0.2) is 0 Å². The maximum atomic E-state index is 9.63. The normalized spacial score (nSPS) is 6.67. The van der Waals surface area contributed by atoms with Gasteiger partial charge in [0, 0.05) is 0 Å². The number of nitrogens with one attached hydrogen (secondary N) is 1. The number of amides is 2. The summed E-state index contributed by atoms with van der Waals surface area (Å²) in [6.45, 7) is 0. The van der Waals surface area contributed by atoms with Gasteiger partial charge in [-0.3, -0.25) is 0 Å². The zero-order valence-corrected chi connectivity index (χ0v) is 3.75. The number of urea groups is 1. The molecule has 48 valence electrons. The van der Waals surface area contributed by atoms with E-state index in [-0.39, 0.29) is 29.6 Å². The summed E-state index contributed by atoms with van der Waals surface area (Å²) in [6, 6.07) is -1.05. The minimum atomic E-state index is -1.61. The molecule has 0 aromatic rings. The molecule has 0 aliphatic rings. The van der Waals surface area contributed by atoms with Gasteiger partial charge >= 0.3 is 41.7 Å². The summed E-state index contributed by atoms with van der Waals surface area (Å²) >= 11 is 0. The van der Waals surface area contributed by atoms with E-state index in [2.05, 4.69) is 10.6 Å². The quantitative estimate of drug-likeness (QED) is 0.288. The number of carbonyl (C=O) groups is 2. The van der Waals surface area contributed by atoms with Crippen molar-refractivity contribution in [2.45, 2.75) is 0 Å². The first-order valence-electron chi connectivity index (χ1n) is 1.58. The van der Waals surface area contributed by atoms with Crippen LogP contribution < -0.4 is 11.2 Å². The second kappa shape index (κ2) is 5.67. The van der Waals surface area contributed by atoms with E-state index in [9.17, 15) is 9.59 Å². The molecule has 0 saturated heterocycles. The average molecular weight is 144 g/mol. The van der Waals surface area contributed by atoms with E-state index >= 15 is 0 Å². The predicted octanol–water partition coefficient (Wildman–Crippen LogP) is -1.38. The Labute approximate surface area is 72.6 Å². The van der Waals surface area contributed by atoms with Gasteiger partial charge in [0.1, 0.15) is 0 Å². The van der Waals surface area contributed by atoms with E-state index < -0.39 is 12.2 Å². The first-order valence-corrected chi connectivity index (χ1v) is 1.58. The third-order valence-electron chi connectivity index (χ3n) is 0.239. The summed E-state index contributed by atoms with van der Waals surface area (Å²) in [6.07, 6.45) is -1.61. The standard InChI is InChI=1S/C2H4N2O4.Na.H/c3-1(5)4-8-2(6)7;;/h(H,6,7)(H3,3,4,5);;. The molecule has 0 aliphatic carbocycles. The Balaban J connectivity index is 0. The Hall–Kier alpha value is -0.460. The van der Waals surface area contributed by atoms with E-state index in [4.69, 9.17) is 5.11 Å². The number of carboxylic acid groups (broad SMARTS) is 1. The Morgan fingerprint density at radius 3 is 2.11 bits per heavy atom. The van der Waals surface area contributed by atoms with Crippen LogP contribution in [0.4, 0.5) is 9.59 Å². The van der Waals surface area contributed by atoms with Crippen molar-refractivity contribution in [3.8, 4) is 0 Å². The third-order valence-corrected chi connectivity index (χ3v) is 0.239. The van der Waals surface area contributed by atoms with Crippen LogP contribution in [0.5, 0.6) is 0 Å². The zero-order valence-electron chi connectivity index (χ0n) is 3.75. The molecule has 0 unspecified atom stereocenters. The van der Waals surface area contributed by atoms with Crippen molar-refractivity contribution < 1.29 is 19.5 Å². The Morgan fingerprint density at radius 1 is 1.56 bits per heavy atom. The van der Waals surface area contributed by atoms with Gasteiger partial charge in [0.25, 0.3) is 0 Å². The molecule has 6 nitrogen and oxygen atoms in total. The summed E-state index contributed by atoms with van der Waals surface area (Å²) in [5.74, 6) is 0. The van der Waals surface area contributed by atoms with Crippen molar-refractivity contribution in [1.82, 2.24) is 5.48 Å². The molecule has 0 fully saturated rings. The van der Waals surface area contributed by atoms with Crippen molar-refractivity contribution in [2.24, 2.45) is 5.73 Å². The number of primary amides is 1. The predicted molar refractivity (Wildman–Crippen MR) is 29.0 cm³/mol. The topological polar surface area (TPSA) is 102 Å². The molecule has 0 bridgehead atoms. The van der Waals surface area contributed by atoms with E-state index in [1.165, 1.54) is 5.48 Å². The van der Waals surface area contributed by atoms with E-state index in [1.54, 1.807) is 0 Å². The zero-order chi connectivity index (χ0) is 6.57. The minimum absolute atomic E-state index is 0. The summed E-state index contributed by atoms with van der Waals surface area (Å²) in [5.41, 5.74) is 5.79. The monoisotopic (exact) mass is 144 g/mol. The number of nitrogens with two attached hydrogens (primary N) is 1. The van der Waals surface area contributed by atoms with Crippen LogP contribution in [0.1, 0.15) is 0 Å². The molecule has 0 aliphatic heterocycles. The van der Waals surface area contributed by atoms with Gasteiger partial charge in [0.05, 0.1) is 0 Å². The van der Waals surface area contributed by atoms with Crippen LogP contribution in [0.15, 0.2) is 0 Å². The molecule has 4 N–H and O–H groups in total. The van der Waals surface area contributed by atoms with Gasteiger partial charge in [-0.25, -0.2) is 9.59 Å². The summed E-state index contributed by atoms with van der Waals surface area (Å²) < 4.78 is 0. The molecule has 0 rings (SSSR count). The van der Waals surface area contributed by atoms with Gasteiger partial charge in [-0.15, -0.1) is 0 Å². The van der Waals surface area contributed by atoms with Crippen LogP contribution in [0, 0.1) is 0 Å². The number of carbonyl (C=O) groups excluding carboxylic acids is 1. The average Bonchev–Trinajstić information content (AvgIpc) is 1.61. The van der Waals surface area contributed by atoms with Gasteiger partial charge in [-0.05, 0) is 0 Å². The number of rotatable bonds is 0. The van der Waals surface area contributed by atoms with E-state index in [0.29, 0.717) is 0 Å². The molecule has 0 aromatic heterocycles. The van der Waals surface area contributed by atoms with E-state index in [1.807, 2.05) is 0 Å². The van der Waals surface area contributed by atoms with Crippen molar-refractivity contribution in [3.63, 3.8) is 0 Å². The summed E-state index contributed by atoms with van der Waals surface area (Å²) in [5, 5.41) is 7.67. The number of hydrogen-bond donors (Lipinski definition) is 3. The van der Waals surface area contributed by atoms with Crippen molar-refractivity contribution in [1.29, 1.82) is 0 Å².